The molecule has 0 unspecified atom stereocenters. The Kier molecular flexibility index (Phi) is 4.93. The Labute approximate surface area is 147 Å². The van der Waals surface area contributed by atoms with Crippen LogP contribution in [0.15, 0.2) is 53.1 Å². The third kappa shape index (κ3) is 4.12. The maximum absolute atomic E-state index is 12.4. The first-order chi connectivity index (χ1) is 12.0. The first kappa shape index (κ1) is 16.9. The van der Waals surface area contributed by atoms with Crippen molar-refractivity contribution in [2.45, 2.75) is 20.3 Å². The summed E-state index contributed by atoms with van der Waals surface area (Å²) in [5.74, 6) is 1.09. The van der Waals surface area contributed by atoms with E-state index < -0.39 is 0 Å². The zero-order valence-electron chi connectivity index (χ0n) is 14.7. The van der Waals surface area contributed by atoms with Crippen LogP contribution in [0.1, 0.15) is 27.3 Å². The Balaban J connectivity index is 1.62. The number of carbonyl (C=O) groups is 1. The predicted octanol–water partition coefficient (Wildman–Crippen LogP) is 3.67. The molecule has 0 saturated carbocycles. The van der Waals surface area contributed by atoms with E-state index in [1.165, 1.54) is 5.56 Å². The van der Waals surface area contributed by atoms with Gasteiger partial charge in [0.05, 0.1) is 0 Å². The highest BCUT2D eigenvalue weighted by Gasteiger charge is 2.14. The molecule has 1 amide bonds. The van der Waals surface area contributed by atoms with E-state index in [4.69, 9.17) is 4.52 Å². The van der Waals surface area contributed by atoms with E-state index in [2.05, 4.69) is 10.1 Å². The van der Waals surface area contributed by atoms with Gasteiger partial charge in [-0.3, -0.25) is 4.79 Å². The van der Waals surface area contributed by atoms with Crippen LogP contribution < -0.4 is 0 Å². The zero-order chi connectivity index (χ0) is 17.8. The fourth-order valence-corrected chi connectivity index (χ4v) is 2.54. The summed E-state index contributed by atoms with van der Waals surface area (Å²) in [6.07, 6.45) is 0.545. The number of hydrogen-bond donors (Lipinski definition) is 0. The van der Waals surface area contributed by atoms with Gasteiger partial charge in [-0.15, -0.1) is 0 Å². The molecule has 1 heterocycles. The van der Waals surface area contributed by atoms with Crippen molar-refractivity contribution in [2.24, 2.45) is 0 Å². The zero-order valence-corrected chi connectivity index (χ0v) is 14.7. The Morgan fingerprint density at radius 3 is 2.56 bits per heavy atom. The van der Waals surface area contributed by atoms with Crippen LogP contribution in [-0.2, 0) is 6.42 Å². The Hall–Kier alpha value is -2.95. The molecule has 3 rings (SSSR count). The summed E-state index contributed by atoms with van der Waals surface area (Å²) in [4.78, 5) is 18.5. The van der Waals surface area contributed by atoms with Crippen LogP contribution >= 0.6 is 0 Å². The molecule has 2 aromatic carbocycles. The fourth-order valence-electron chi connectivity index (χ4n) is 2.54. The number of amides is 1. The minimum Gasteiger partial charge on any atom is -0.341 e. The highest BCUT2D eigenvalue weighted by molar-refractivity contribution is 5.94. The average Bonchev–Trinajstić information content (AvgIpc) is 3.08. The second kappa shape index (κ2) is 7.30. The quantitative estimate of drug-likeness (QED) is 0.714. The average molecular weight is 335 g/mol. The molecule has 25 heavy (non-hydrogen) atoms. The van der Waals surface area contributed by atoms with Gasteiger partial charge in [0.15, 0.2) is 5.82 Å². The molecule has 1 aromatic heterocycles. The van der Waals surface area contributed by atoms with Crippen molar-refractivity contribution >= 4 is 5.91 Å². The topological polar surface area (TPSA) is 59.2 Å². The molecule has 0 spiro atoms. The highest BCUT2D eigenvalue weighted by Crippen LogP contribution is 2.17. The molecule has 3 aromatic rings. The number of aromatic nitrogens is 2. The van der Waals surface area contributed by atoms with Gasteiger partial charge >= 0.3 is 0 Å². The fraction of sp³-hybridized carbons (Fsp3) is 0.250. The van der Waals surface area contributed by atoms with Crippen LogP contribution in [-0.4, -0.2) is 34.5 Å². The Morgan fingerprint density at radius 2 is 1.84 bits per heavy atom. The SMILES string of the molecule is Cc1ccc(-c2nc(CCN(C)C(=O)c3cccc(C)c3)no2)cc1. The van der Waals surface area contributed by atoms with Crippen molar-refractivity contribution in [3.8, 4) is 11.5 Å². The molecule has 0 aliphatic carbocycles. The summed E-state index contributed by atoms with van der Waals surface area (Å²) in [5, 5.41) is 4.01. The number of aryl methyl sites for hydroxylation is 2. The molecule has 5 nitrogen and oxygen atoms in total. The summed E-state index contributed by atoms with van der Waals surface area (Å²) in [7, 11) is 1.78. The minimum absolute atomic E-state index is 0.00838. The third-order valence-corrected chi connectivity index (χ3v) is 4.05. The van der Waals surface area contributed by atoms with E-state index in [0.29, 0.717) is 30.2 Å². The van der Waals surface area contributed by atoms with E-state index in [0.717, 1.165) is 11.1 Å². The van der Waals surface area contributed by atoms with E-state index in [1.807, 2.05) is 62.4 Å². The van der Waals surface area contributed by atoms with Gasteiger partial charge in [-0.2, -0.15) is 4.98 Å². The highest BCUT2D eigenvalue weighted by atomic mass is 16.5. The predicted molar refractivity (Wildman–Crippen MR) is 96.3 cm³/mol. The van der Waals surface area contributed by atoms with Gasteiger partial charge in [-0.1, -0.05) is 40.5 Å². The van der Waals surface area contributed by atoms with Crippen molar-refractivity contribution in [3.63, 3.8) is 0 Å². The number of benzene rings is 2. The van der Waals surface area contributed by atoms with Crippen LogP contribution in [0, 0.1) is 13.8 Å². The van der Waals surface area contributed by atoms with Gasteiger partial charge in [0, 0.05) is 31.1 Å². The summed E-state index contributed by atoms with van der Waals surface area (Å²) in [5.41, 5.74) is 3.84. The minimum atomic E-state index is -0.00838. The smallest absolute Gasteiger partial charge is 0.257 e. The lowest BCUT2D eigenvalue weighted by atomic mass is 10.1. The number of carbonyl (C=O) groups excluding carboxylic acids is 1. The van der Waals surface area contributed by atoms with Gasteiger partial charge in [0.25, 0.3) is 11.8 Å². The molecule has 0 aliphatic heterocycles. The summed E-state index contributed by atoms with van der Waals surface area (Å²) < 4.78 is 5.32. The maximum atomic E-state index is 12.4. The van der Waals surface area contributed by atoms with Crippen LogP contribution in [0.25, 0.3) is 11.5 Å². The lowest BCUT2D eigenvalue weighted by Gasteiger charge is -2.16. The lowest BCUT2D eigenvalue weighted by molar-refractivity contribution is 0.0795. The number of hydrogen-bond acceptors (Lipinski definition) is 4. The van der Waals surface area contributed by atoms with E-state index in [1.54, 1.807) is 11.9 Å². The third-order valence-electron chi connectivity index (χ3n) is 4.05. The first-order valence-corrected chi connectivity index (χ1v) is 8.24. The number of likely N-dealkylation sites (N-methyl/N-ethyl adjacent to an activating group) is 1. The Morgan fingerprint density at radius 1 is 1.08 bits per heavy atom. The number of rotatable bonds is 5. The van der Waals surface area contributed by atoms with Gasteiger partial charge in [-0.25, -0.2) is 0 Å². The summed E-state index contributed by atoms with van der Waals surface area (Å²) >= 11 is 0. The van der Waals surface area contributed by atoms with Crippen molar-refractivity contribution in [1.82, 2.24) is 15.0 Å². The van der Waals surface area contributed by atoms with Gasteiger partial charge in [0.1, 0.15) is 0 Å². The molecule has 5 heteroatoms. The molecular weight excluding hydrogens is 314 g/mol. The molecule has 0 bridgehead atoms. The van der Waals surface area contributed by atoms with Crippen LogP contribution in [0.3, 0.4) is 0 Å². The summed E-state index contributed by atoms with van der Waals surface area (Å²) in [6.45, 7) is 4.53. The molecule has 0 N–H and O–H groups in total. The largest absolute Gasteiger partial charge is 0.341 e. The van der Waals surface area contributed by atoms with Crippen molar-refractivity contribution in [1.29, 1.82) is 0 Å². The van der Waals surface area contributed by atoms with Crippen LogP contribution in [0.2, 0.25) is 0 Å². The first-order valence-electron chi connectivity index (χ1n) is 8.24. The standard InChI is InChI=1S/C20H21N3O2/c1-14-7-9-16(10-8-14)19-21-18(22-25-19)11-12-23(3)20(24)17-6-4-5-15(2)13-17/h4-10,13H,11-12H2,1-3H3. The van der Waals surface area contributed by atoms with Gasteiger partial charge in [0.2, 0.25) is 0 Å². The molecule has 0 aliphatic rings. The second-order valence-corrected chi connectivity index (χ2v) is 6.23. The molecule has 128 valence electrons. The maximum Gasteiger partial charge on any atom is 0.257 e. The van der Waals surface area contributed by atoms with Crippen LogP contribution in [0.5, 0.6) is 0 Å². The van der Waals surface area contributed by atoms with Crippen molar-refractivity contribution in [2.75, 3.05) is 13.6 Å². The van der Waals surface area contributed by atoms with Gasteiger partial charge < -0.3 is 9.42 Å². The normalized spacial score (nSPS) is 10.7. The second-order valence-electron chi connectivity index (χ2n) is 6.23. The van der Waals surface area contributed by atoms with E-state index in [9.17, 15) is 4.79 Å². The molecule has 0 fully saturated rings. The molecular formula is C20H21N3O2. The van der Waals surface area contributed by atoms with Gasteiger partial charge in [-0.05, 0) is 38.1 Å². The van der Waals surface area contributed by atoms with E-state index in [-0.39, 0.29) is 5.91 Å². The van der Waals surface area contributed by atoms with Crippen molar-refractivity contribution < 1.29 is 9.32 Å². The van der Waals surface area contributed by atoms with E-state index >= 15 is 0 Å². The van der Waals surface area contributed by atoms with Crippen molar-refractivity contribution in [3.05, 3.63) is 71.0 Å². The monoisotopic (exact) mass is 335 g/mol. The molecule has 0 radical (unpaired) electrons. The molecule has 0 saturated heterocycles. The lowest BCUT2D eigenvalue weighted by Crippen LogP contribution is -2.29. The number of nitrogens with zero attached hydrogens (tertiary/aromatic N) is 3. The molecule has 0 atom stereocenters. The summed E-state index contributed by atoms with van der Waals surface area (Å²) in [6, 6.07) is 15.5. The Bertz CT molecular complexity index is 869. The van der Waals surface area contributed by atoms with Crippen LogP contribution in [0.4, 0.5) is 0 Å².